The topological polar surface area (TPSA) is 58.3 Å². The van der Waals surface area contributed by atoms with Crippen LogP contribution < -0.4 is 0 Å². The first-order chi connectivity index (χ1) is 7.72. The smallest absolute Gasteiger partial charge is 0.168 e. The SMILES string of the molecule is Cn1c(CO)cnc1SC1CCCCC1O. The Morgan fingerprint density at radius 1 is 1.50 bits per heavy atom. The molecule has 1 heterocycles. The first-order valence-corrected chi connectivity index (χ1v) is 6.56. The minimum Gasteiger partial charge on any atom is -0.392 e. The molecule has 0 radical (unpaired) electrons. The van der Waals surface area contributed by atoms with Gasteiger partial charge in [-0.3, -0.25) is 0 Å². The van der Waals surface area contributed by atoms with Crippen LogP contribution in [0, 0.1) is 0 Å². The van der Waals surface area contributed by atoms with Crippen molar-refractivity contribution in [3.63, 3.8) is 0 Å². The van der Waals surface area contributed by atoms with Crippen molar-refractivity contribution in [2.24, 2.45) is 7.05 Å². The monoisotopic (exact) mass is 242 g/mol. The highest BCUT2D eigenvalue weighted by Gasteiger charge is 2.25. The molecule has 1 aromatic heterocycles. The van der Waals surface area contributed by atoms with Gasteiger partial charge in [0.25, 0.3) is 0 Å². The summed E-state index contributed by atoms with van der Waals surface area (Å²) in [6.45, 7) is 0.0112. The lowest BCUT2D eigenvalue weighted by Crippen LogP contribution is -2.27. The summed E-state index contributed by atoms with van der Waals surface area (Å²) in [5, 5.41) is 20.1. The Balaban J connectivity index is 2.04. The highest BCUT2D eigenvalue weighted by atomic mass is 32.2. The average Bonchev–Trinajstić information content (AvgIpc) is 2.63. The van der Waals surface area contributed by atoms with Crippen LogP contribution in [0.1, 0.15) is 31.4 Å². The Labute approximate surface area is 99.7 Å². The normalized spacial score (nSPS) is 25.9. The predicted molar refractivity (Wildman–Crippen MR) is 63.3 cm³/mol. The van der Waals surface area contributed by atoms with Gasteiger partial charge >= 0.3 is 0 Å². The Bertz CT molecular complexity index is 354. The summed E-state index contributed by atoms with van der Waals surface area (Å²) in [7, 11) is 1.90. The van der Waals surface area contributed by atoms with E-state index >= 15 is 0 Å². The highest BCUT2D eigenvalue weighted by molar-refractivity contribution is 7.99. The molecule has 90 valence electrons. The Kier molecular flexibility index (Phi) is 3.89. The zero-order chi connectivity index (χ0) is 11.5. The van der Waals surface area contributed by atoms with Crippen LogP contribution in [0.25, 0.3) is 0 Å². The van der Waals surface area contributed by atoms with Gasteiger partial charge in [0.2, 0.25) is 0 Å². The van der Waals surface area contributed by atoms with Crippen LogP contribution in [-0.2, 0) is 13.7 Å². The van der Waals surface area contributed by atoms with Crippen LogP contribution in [0.3, 0.4) is 0 Å². The molecular weight excluding hydrogens is 224 g/mol. The molecule has 16 heavy (non-hydrogen) atoms. The standard InChI is InChI=1S/C11H18N2O2S/c1-13-8(7-14)6-12-11(13)16-10-5-3-2-4-9(10)15/h6,9-10,14-15H,2-5,7H2,1H3. The fraction of sp³-hybridized carbons (Fsp3) is 0.727. The maximum Gasteiger partial charge on any atom is 0.168 e. The molecule has 2 unspecified atom stereocenters. The third-order valence-corrected chi connectivity index (χ3v) is 4.57. The fourth-order valence-electron chi connectivity index (χ4n) is 2.03. The number of thioether (sulfide) groups is 1. The van der Waals surface area contributed by atoms with E-state index in [4.69, 9.17) is 5.11 Å². The van der Waals surface area contributed by atoms with Gasteiger partial charge in [-0.15, -0.1) is 0 Å². The summed E-state index contributed by atoms with van der Waals surface area (Å²) in [5.41, 5.74) is 0.813. The van der Waals surface area contributed by atoms with E-state index < -0.39 is 0 Å². The lowest BCUT2D eigenvalue weighted by atomic mass is 9.97. The summed E-state index contributed by atoms with van der Waals surface area (Å²) in [6.07, 6.45) is 5.74. The summed E-state index contributed by atoms with van der Waals surface area (Å²) >= 11 is 1.63. The van der Waals surface area contributed by atoms with E-state index in [-0.39, 0.29) is 18.0 Å². The quantitative estimate of drug-likeness (QED) is 0.839. The van der Waals surface area contributed by atoms with Gasteiger partial charge < -0.3 is 14.8 Å². The van der Waals surface area contributed by atoms with Crippen molar-refractivity contribution in [2.75, 3.05) is 0 Å². The predicted octanol–water partition coefficient (Wildman–Crippen LogP) is 1.31. The molecule has 0 aliphatic heterocycles. The molecule has 2 rings (SSSR count). The third kappa shape index (κ3) is 2.42. The molecule has 0 bridgehead atoms. The molecule has 5 heteroatoms. The van der Waals surface area contributed by atoms with Crippen molar-refractivity contribution in [1.82, 2.24) is 9.55 Å². The molecule has 1 aliphatic rings. The van der Waals surface area contributed by atoms with Gasteiger partial charge in [0, 0.05) is 12.3 Å². The van der Waals surface area contributed by atoms with Gasteiger partial charge in [0.1, 0.15) is 0 Å². The lowest BCUT2D eigenvalue weighted by molar-refractivity contribution is 0.137. The van der Waals surface area contributed by atoms with Gasteiger partial charge in [0.15, 0.2) is 5.16 Å². The molecule has 1 fully saturated rings. The van der Waals surface area contributed by atoms with Crippen LogP contribution in [0.15, 0.2) is 11.4 Å². The molecule has 0 saturated heterocycles. The van der Waals surface area contributed by atoms with Crippen LogP contribution >= 0.6 is 11.8 Å². The summed E-state index contributed by atoms with van der Waals surface area (Å²) < 4.78 is 1.89. The first-order valence-electron chi connectivity index (χ1n) is 5.68. The van der Waals surface area contributed by atoms with Crippen molar-refractivity contribution in [2.45, 2.75) is 48.8 Å². The van der Waals surface area contributed by atoms with Gasteiger partial charge in [-0.2, -0.15) is 0 Å². The Morgan fingerprint density at radius 3 is 2.88 bits per heavy atom. The Morgan fingerprint density at radius 2 is 2.25 bits per heavy atom. The minimum absolute atomic E-state index is 0.0112. The zero-order valence-corrected chi connectivity index (χ0v) is 10.3. The van der Waals surface area contributed by atoms with Crippen LogP contribution in [-0.4, -0.2) is 31.1 Å². The molecule has 2 atom stereocenters. The molecule has 4 nitrogen and oxygen atoms in total. The average molecular weight is 242 g/mol. The number of hydrogen-bond donors (Lipinski definition) is 2. The second kappa shape index (κ2) is 5.21. The van der Waals surface area contributed by atoms with E-state index in [1.54, 1.807) is 18.0 Å². The van der Waals surface area contributed by atoms with Gasteiger partial charge in [-0.25, -0.2) is 4.98 Å². The molecular formula is C11H18N2O2S. The van der Waals surface area contributed by atoms with Crippen molar-refractivity contribution in [1.29, 1.82) is 0 Å². The number of nitrogens with zero attached hydrogens (tertiary/aromatic N) is 2. The van der Waals surface area contributed by atoms with E-state index in [0.717, 1.165) is 30.1 Å². The maximum atomic E-state index is 9.88. The zero-order valence-electron chi connectivity index (χ0n) is 9.46. The largest absolute Gasteiger partial charge is 0.392 e. The van der Waals surface area contributed by atoms with Gasteiger partial charge in [0.05, 0.1) is 24.6 Å². The lowest BCUT2D eigenvalue weighted by Gasteiger charge is -2.26. The minimum atomic E-state index is -0.215. The Hall–Kier alpha value is -0.520. The second-order valence-electron chi connectivity index (χ2n) is 4.26. The van der Waals surface area contributed by atoms with Gasteiger partial charge in [-0.1, -0.05) is 24.6 Å². The van der Waals surface area contributed by atoms with E-state index in [1.807, 2.05) is 11.6 Å². The van der Waals surface area contributed by atoms with Crippen molar-refractivity contribution >= 4 is 11.8 Å². The van der Waals surface area contributed by atoms with Crippen molar-refractivity contribution in [3.05, 3.63) is 11.9 Å². The van der Waals surface area contributed by atoms with E-state index in [0.29, 0.717) is 0 Å². The second-order valence-corrected chi connectivity index (χ2v) is 5.46. The summed E-state index contributed by atoms with van der Waals surface area (Å²) in [6, 6.07) is 0. The number of rotatable bonds is 3. The van der Waals surface area contributed by atoms with Crippen LogP contribution in [0.5, 0.6) is 0 Å². The molecule has 1 aromatic rings. The van der Waals surface area contributed by atoms with E-state index in [2.05, 4.69) is 4.98 Å². The van der Waals surface area contributed by atoms with Crippen molar-refractivity contribution in [3.8, 4) is 0 Å². The third-order valence-electron chi connectivity index (χ3n) is 3.13. The van der Waals surface area contributed by atoms with Gasteiger partial charge in [-0.05, 0) is 12.8 Å². The highest BCUT2D eigenvalue weighted by Crippen LogP contribution is 2.33. The van der Waals surface area contributed by atoms with E-state index in [1.165, 1.54) is 6.42 Å². The van der Waals surface area contributed by atoms with Crippen molar-refractivity contribution < 1.29 is 10.2 Å². The molecule has 0 amide bonds. The van der Waals surface area contributed by atoms with Crippen LogP contribution in [0.4, 0.5) is 0 Å². The summed E-state index contributed by atoms with van der Waals surface area (Å²) in [4.78, 5) is 4.27. The number of aliphatic hydroxyl groups is 2. The number of imidazole rings is 1. The molecule has 0 aromatic carbocycles. The molecule has 2 N–H and O–H groups in total. The maximum absolute atomic E-state index is 9.88. The number of aliphatic hydroxyl groups excluding tert-OH is 2. The summed E-state index contributed by atoms with van der Waals surface area (Å²) in [5.74, 6) is 0. The fourth-order valence-corrected chi connectivity index (χ4v) is 3.27. The number of hydrogen-bond acceptors (Lipinski definition) is 4. The number of aromatic nitrogens is 2. The first kappa shape index (κ1) is 12.0. The molecule has 0 spiro atoms. The van der Waals surface area contributed by atoms with Crippen LogP contribution in [0.2, 0.25) is 0 Å². The molecule has 1 aliphatic carbocycles. The van der Waals surface area contributed by atoms with E-state index in [9.17, 15) is 5.11 Å². The molecule has 1 saturated carbocycles.